The van der Waals surface area contributed by atoms with Gasteiger partial charge in [-0.15, -0.1) is 0 Å². The van der Waals surface area contributed by atoms with Crippen molar-refractivity contribution < 1.29 is 14.3 Å². The molecule has 3 heterocycles. The van der Waals surface area contributed by atoms with Crippen molar-refractivity contribution in [3.05, 3.63) is 34.7 Å². The van der Waals surface area contributed by atoms with Crippen molar-refractivity contribution >= 4 is 5.91 Å². The molecule has 2 aliphatic rings. The first kappa shape index (κ1) is 16.2. The lowest BCUT2D eigenvalue weighted by Crippen LogP contribution is -2.58. The fourth-order valence-corrected chi connectivity index (χ4v) is 3.84. The van der Waals surface area contributed by atoms with Crippen molar-refractivity contribution in [2.24, 2.45) is 5.41 Å². The van der Waals surface area contributed by atoms with Crippen LogP contribution in [0.4, 0.5) is 0 Å². The summed E-state index contributed by atoms with van der Waals surface area (Å²) in [6.45, 7) is 2.81. The number of aromatic nitrogens is 1. The number of rotatable bonds is 4. The average Bonchev–Trinajstić information content (AvgIpc) is 2.56. The summed E-state index contributed by atoms with van der Waals surface area (Å²) in [5.41, 5.74) is -0.258. The Kier molecular flexibility index (Phi) is 4.82. The van der Waals surface area contributed by atoms with E-state index in [-0.39, 0.29) is 29.5 Å². The van der Waals surface area contributed by atoms with Gasteiger partial charge in [-0.3, -0.25) is 9.59 Å². The maximum absolute atomic E-state index is 12.6. The predicted octanol–water partition coefficient (Wildman–Crippen LogP) is 0.892. The van der Waals surface area contributed by atoms with Gasteiger partial charge in [-0.2, -0.15) is 0 Å². The van der Waals surface area contributed by atoms with Gasteiger partial charge in [-0.25, -0.2) is 0 Å². The Balaban J connectivity index is 1.72. The summed E-state index contributed by atoms with van der Waals surface area (Å²) in [6.07, 6.45) is 4.67. The highest BCUT2D eigenvalue weighted by molar-refractivity contribution is 5.76. The number of amides is 1. The second-order valence-electron chi connectivity index (χ2n) is 6.53. The topological polar surface area (TPSA) is 60.8 Å². The molecule has 0 aliphatic carbocycles. The quantitative estimate of drug-likeness (QED) is 0.827. The summed E-state index contributed by atoms with van der Waals surface area (Å²) in [7, 11) is 1.70. The third-order valence-corrected chi connectivity index (χ3v) is 4.98. The monoisotopic (exact) mass is 320 g/mol. The molecule has 2 saturated heterocycles. The fourth-order valence-electron chi connectivity index (χ4n) is 3.84. The van der Waals surface area contributed by atoms with Crippen LogP contribution in [-0.4, -0.2) is 54.9 Å². The van der Waals surface area contributed by atoms with E-state index in [1.807, 2.05) is 4.90 Å². The van der Waals surface area contributed by atoms with Crippen molar-refractivity contribution in [3.63, 3.8) is 0 Å². The van der Waals surface area contributed by atoms with E-state index >= 15 is 0 Å². The first-order valence-corrected chi connectivity index (χ1v) is 8.18. The van der Waals surface area contributed by atoms with Gasteiger partial charge in [0.15, 0.2) is 0 Å². The number of carbonyl (C=O) groups is 1. The van der Waals surface area contributed by atoms with E-state index < -0.39 is 0 Å². The lowest BCUT2D eigenvalue weighted by atomic mass is 9.73. The van der Waals surface area contributed by atoms with Crippen LogP contribution in [0.25, 0.3) is 0 Å². The van der Waals surface area contributed by atoms with E-state index in [1.54, 1.807) is 25.4 Å². The van der Waals surface area contributed by atoms with Crippen LogP contribution in [0.5, 0.6) is 0 Å². The Morgan fingerprint density at radius 1 is 1.48 bits per heavy atom. The highest BCUT2D eigenvalue weighted by atomic mass is 16.5. The SMILES string of the molecule is COCC12CCCOC1CCN(C(=O)Cn1ccccc1=O)C2. The Morgan fingerprint density at radius 2 is 2.35 bits per heavy atom. The molecule has 1 aromatic heterocycles. The van der Waals surface area contributed by atoms with Crippen LogP contribution in [0.1, 0.15) is 19.3 Å². The highest BCUT2D eigenvalue weighted by Gasteiger charge is 2.46. The molecule has 23 heavy (non-hydrogen) atoms. The molecule has 1 amide bonds. The number of pyridine rings is 1. The predicted molar refractivity (Wildman–Crippen MR) is 85.2 cm³/mol. The van der Waals surface area contributed by atoms with E-state index in [9.17, 15) is 9.59 Å². The van der Waals surface area contributed by atoms with Crippen LogP contribution in [0.2, 0.25) is 0 Å². The van der Waals surface area contributed by atoms with Crippen LogP contribution >= 0.6 is 0 Å². The molecule has 1 aromatic rings. The molecular formula is C17H24N2O4. The number of likely N-dealkylation sites (tertiary alicyclic amines) is 1. The number of hydrogen-bond donors (Lipinski definition) is 0. The summed E-state index contributed by atoms with van der Waals surface area (Å²) in [5.74, 6) is -0.0159. The molecule has 6 nitrogen and oxygen atoms in total. The molecule has 0 aromatic carbocycles. The van der Waals surface area contributed by atoms with Crippen LogP contribution in [-0.2, 0) is 20.8 Å². The van der Waals surface area contributed by atoms with Crippen LogP contribution in [0.3, 0.4) is 0 Å². The minimum atomic E-state index is -0.150. The number of ether oxygens (including phenoxy) is 2. The molecule has 0 radical (unpaired) electrons. The average molecular weight is 320 g/mol. The molecule has 2 atom stereocenters. The van der Waals surface area contributed by atoms with Gasteiger partial charge in [0.2, 0.25) is 5.91 Å². The molecule has 6 heteroatoms. The molecule has 126 valence electrons. The molecule has 0 bridgehead atoms. The molecule has 2 aliphatic heterocycles. The van der Waals surface area contributed by atoms with Gasteiger partial charge in [0.1, 0.15) is 6.54 Å². The Bertz CT molecular complexity index is 611. The fraction of sp³-hybridized carbons (Fsp3) is 0.647. The minimum absolute atomic E-state index is 0.0159. The number of methoxy groups -OCH3 is 1. The van der Waals surface area contributed by atoms with Crippen molar-refractivity contribution in [2.45, 2.75) is 31.9 Å². The maximum atomic E-state index is 12.6. The van der Waals surface area contributed by atoms with E-state index in [0.29, 0.717) is 19.7 Å². The van der Waals surface area contributed by atoms with Crippen molar-refractivity contribution in [1.29, 1.82) is 0 Å². The minimum Gasteiger partial charge on any atom is -0.384 e. The van der Waals surface area contributed by atoms with Crippen LogP contribution in [0.15, 0.2) is 29.2 Å². The number of hydrogen-bond acceptors (Lipinski definition) is 4. The Labute approximate surface area is 136 Å². The third-order valence-electron chi connectivity index (χ3n) is 4.98. The van der Waals surface area contributed by atoms with Gasteiger partial charge in [0.25, 0.3) is 5.56 Å². The maximum Gasteiger partial charge on any atom is 0.250 e. The van der Waals surface area contributed by atoms with Gasteiger partial charge in [0, 0.05) is 44.5 Å². The molecule has 2 fully saturated rings. The zero-order chi connectivity index (χ0) is 16.3. The summed E-state index contributed by atoms with van der Waals surface area (Å²) < 4.78 is 12.8. The van der Waals surface area contributed by atoms with E-state index in [0.717, 1.165) is 25.9 Å². The molecule has 0 N–H and O–H groups in total. The molecular weight excluding hydrogens is 296 g/mol. The van der Waals surface area contributed by atoms with Gasteiger partial charge in [-0.05, 0) is 25.3 Å². The standard InChI is InChI=1S/C17H24N2O4/c1-22-13-17-7-4-10-23-14(17)6-9-19(12-17)16(21)11-18-8-3-2-5-15(18)20/h2-3,5,8,14H,4,6-7,9-13H2,1H3. The molecule has 0 saturated carbocycles. The second kappa shape index (κ2) is 6.84. The number of fused-ring (bicyclic) bond motifs is 1. The van der Waals surface area contributed by atoms with Gasteiger partial charge in [-0.1, -0.05) is 6.07 Å². The van der Waals surface area contributed by atoms with Crippen LogP contribution in [0, 0.1) is 5.41 Å². The normalized spacial score (nSPS) is 27.5. The summed E-state index contributed by atoms with van der Waals surface area (Å²) in [6, 6.07) is 4.92. The highest BCUT2D eigenvalue weighted by Crippen LogP contribution is 2.40. The largest absolute Gasteiger partial charge is 0.384 e. The molecule has 3 rings (SSSR count). The zero-order valence-corrected chi connectivity index (χ0v) is 13.6. The van der Waals surface area contributed by atoms with Crippen molar-refractivity contribution in [3.8, 4) is 0 Å². The lowest BCUT2D eigenvalue weighted by Gasteiger charge is -2.50. The van der Waals surface area contributed by atoms with Crippen molar-refractivity contribution in [2.75, 3.05) is 33.4 Å². The van der Waals surface area contributed by atoms with Crippen LogP contribution < -0.4 is 5.56 Å². The van der Waals surface area contributed by atoms with E-state index in [1.165, 1.54) is 10.6 Å². The summed E-state index contributed by atoms with van der Waals surface area (Å²) in [4.78, 5) is 26.3. The smallest absolute Gasteiger partial charge is 0.250 e. The molecule has 2 unspecified atom stereocenters. The first-order chi connectivity index (χ1) is 11.1. The number of piperidine rings is 1. The lowest BCUT2D eigenvalue weighted by molar-refractivity contribution is -0.162. The summed E-state index contributed by atoms with van der Waals surface area (Å²) in [5, 5.41) is 0. The zero-order valence-electron chi connectivity index (χ0n) is 13.6. The van der Waals surface area contributed by atoms with E-state index in [2.05, 4.69) is 0 Å². The Morgan fingerprint density at radius 3 is 3.13 bits per heavy atom. The first-order valence-electron chi connectivity index (χ1n) is 8.18. The van der Waals surface area contributed by atoms with Gasteiger partial charge in [0.05, 0.1) is 12.7 Å². The van der Waals surface area contributed by atoms with Gasteiger partial charge < -0.3 is 18.9 Å². The number of carbonyl (C=O) groups excluding carboxylic acids is 1. The van der Waals surface area contributed by atoms with E-state index in [4.69, 9.17) is 9.47 Å². The number of nitrogens with zero attached hydrogens (tertiary/aromatic N) is 2. The second-order valence-corrected chi connectivity index (χ2v) is 6.53. The molecule has 0 spiro atoms. The van der Waals surface area contributed by atoms with Gasteiger partial charge >= 0.3 is 0 Å². The van der Waals surface area contributed by atoms with Crippen molar-refractivity contribution in [1.82, 2.24) is 9.47 Å². The summed E-state index contributed by atoms with van der Waals surface area (Å²) >= 11 is 0. The Hall–Kier alpha value is -1.66. The third kappa shape index (κ3) is 3.33.